The summed E-state index contributed by atoms with van der Waals surface area (Å²) >= 11 is 0. The minimum absolute atomic E-state index is 0.0169. The van der Waals surface area contributed by atoms with Crippen LogP contribution in [0.25, 0.3) is 11.1 Å². The molecule has 3 heteroatoms. The maximum absolute atomic E-state index is 11.2. The Kier molecular flexibility index (Phi) is 8.29. The van der Waals surface area contributed by atoms with Crippen LogP contribution in [0.1, 0.15) is 111 Å². The molecule has 2 rings (SSSR count). The SMILES string of the molecule is Cc1cc(C(C)(C)C)cc(C(C)(C)C)c1-c1cc(C(C)(C)C)c(O)c(C(C)(C)C)c1.O=CO. The molecule has 0 atom stereocenters. The summed E-state index contributed by atoms with van der Waals surface area (Å²) in [6, 6.07) is 9.20. The minimum atomic E-state index is -0.250. The Bertz CT molecular complexity index is 950. The van der Waals surface area contributed by atoms with Crippen LogP contribution in [0.5, 0.6) is 5.75 Å². The molecule has 0 saturated heterocycles. The largest absolute Gasteiger partial charge is 0.507 e. The molecular weight excluding hydrogens is 408 g/mol. The second-order valence-corrected chi connectivity index (χ2v) is 13.2. The lowest BCUT2D eigenvalue weighted by molar-refractivity contribution is -0.122. The van der Waals surface area contributed by atoms with E-state index in [4.69, 9.17) is 9.90 Å². The molecule has 33 heavy (non-hydrogen) atoms. The standard InChI is InChI=1S/C29H44O.CH2O2/c1-18-14-20(26(2,3)4)17-21(27(5,6)7)24(18)19-15-22(28(8,9)10)25(30)23(16-19)29(11,12)13;2-1-3/h14-17,30H,1-13H3;1H,(H,2,3). The molecule has 0 aliphatic carbocycles. The van der Waals surface area contributed by atoms with Crippen molar-refractivity contribution < 1.29 is 15.0 Å². The Labute approximate surface area is 202 Å². The van der Waals surface area contributed by atoms with Crippen LogP contribution in [0.3, 0.4) is 0 Å². The maximum Gasteiger partial charge on any atom is 0.290 e. The van der Waals surface area contributed by atoms with Gasteiger partial charge in [-0.25, -0.2) is 0 Å². The first-order valence-electron chi connectivity index (χ1n) is 11.8. The summed E-state index contributed by atoms with van der Waals surface area (Å²) < 4.78 is 0. The third-order valence-electron chi connectivity index (χ3n) is 6.02. The van der Waals surface area contributed by atoms with Crippen LogP contribution in [0.2, 0.25) is 0 Å². The highest BCUT2D eigenvalue weighted by molar-refractivity contribution is 5.76. The van der Waals surface area contributed by atoms with Gasteiger partial charge in [0.15, 0.2) is 0 Å². The fraction of sp³-hybridized carbons (Fsp3) is 0.567. The van der Waals surface area contributed by atoms with E-state index >= 15 is 0 Å². The number of phenols is 1. The third-order valence-corrected chi connectivity index (χ3v) is 6.02. The third kappa shape index (κ3) is 6.85. The monoisotopic (exact) mass is 454 g/mol. The highest BCUT2D eigenvalue weighted by atomic mass is 16.3. The quantitative estimate of drug-likeness (QED) is 0.426. The van der Waals surface area contributed by atoms with Crippen molar-refractivity contribution in [1.29, 1.82) is 0 Å². The van der Waals surface area contributed by atoms with Gasteiger partial charge in [-0.1, -0.05) is 95.2 Å². The molecular formula is C30H46O3. The second kappa shape index (κ2) is 9.52. The van der Waals surface area contributed by atoms with Gasteiger partial charge in [0.25, 0.3) is 6.47 Å². The topological polar surface area (TPSA) is 57.5 Å². The molecule has 0 aliphatic heterocycles. The lowest BCUT2D eigenvalue weighted by Crippen LogP contribution is -2.20. The Morgan fingerprint density at radius 2 is 1.00 bits per heavy atom. The van der Waals surface area contributed by atoms with Crippen molar-refractivity contribution in [3.05, 3.63) is 52.1 Å². The normalized spacial score (nSPS) is 12.8. The fourth-order valence-electron chi connectivity index (χ4n) is 4.12. The molecule has 0 unspecified atom stereocenters. The zero-order valence-corrected chi connectivity index (χ0v) is 23.2. The Morgan fingerprint density at radius 1 is 0.636 bits per heavy atom. The zero-order chi connectivity index (χ0) is 26.2. The molecule has 0 aromatic heterocycles. The van der Waals surface area contributed by atoms with Crippen LogP contribution < -0.4 is 0 Å². The predicted molar refractivity (Wildman–Crippen MR) is 142 cm³/mol. The number of hydrogen-bond donors (Lipinski definition) is 2. The number of aryl methyl sites for hydroxylation is 1. The maximum atomic E-state index is 11.2. The van der Waals surface area contributed by atoms with Crippen molar-refractivity contribution >= 4 is 6.47 Å². The molecule has 2 N–H and O–H groups in total. The number of carbonyl (C=O) groups is 1. The van der Waals surface area contributed by atoms with Crippen molar-refractivity contribution in [2.75, 3.05) is 0 Å². The van der Waals surface area contributed by atoms with E-state index in [0.717, 1.165) is 11.1 Å². The summed E-state index contributed by atoms with van der Waals surface area (Å²) in [5.74, 6) is 0.444. The molecule has 2 aromatic carbocycles. The van der Waals surface area contributed by atoms with Crippen LogP contribution >= 0.6 is 0 Å². The molecule has 0 radical (unpaired) electrons. The van der Waals surface area contributed by atoms with Crippen LogP contribution in [0.15, 0.2) is 24.3 Å². The van der Waals surface area contributed by atoms with Gasteiger partial charge in [0.1, 0.15) is 5.75 Å². The van der Waals surface area contributed by atoms with E-state index < -0.39 is 0 Å². The number of phenolic OH excluding ortho intramolecular Hbond substituents is 1. The average molecular weight is 455 g/mol. The number of carboxylic acid groups (broad SMARTS) is 1. The van der Waals surface area contributed by atoms with E-state index in [1.54, 1.807) is 0 Å². The van der Waals surface area contributed by atoms with Gasteiger partial charge in [-0.2, -0.15) is 0 Å². The Balaban J connectivity index is 0.00000172. The van der Waals surface area contributed by atoms with Crippen LogP contribution in [0.4, 0.5) is 0 Å². The van der Waals surface area contributed by atoms with E-state index in [0.29, 0.717) is 5.75 Å². The predicted octanol–water partition coefficient (Wildman–Crippen LogP) is 8.26. The molecule has 184 valence electrons. The van der Waals surface area contributed by atoms with Crippen molar-refractivity contribution in [1.82, 2.24) is 0 Å². The summed E-state index contributed by atoms with van der Waals surface area (Å²) in [4.78, 5) is 8.36. The molecule has 0 heterocycles. The molecule has 0 fully saturated rings. The van der Waals surface area contributed by atoms with Gasteiger partial charge in [0.05, 0.1) is 0 Å². The Morgan fingerprint density at radius 3 is 1.30 bits per heavy atom. The van der Waals surface area contributed by atoms with Crippen molar-refractivity contribution in [2.24, 2.45) is 0 Å². The first-order chi connectivity index (χ1) is 14.7. The van der Waals surface area contributed by atoms with Gasteiger partial charge in [-0.05, 0) is 68.5 Å². The molecule has 0 spiro atoms. The lowest BCUT2D eigenvalue weighted by atomic mass is 9.73. The van der Waals surface area contributed by atoms with Crippen molar-refractivity contribution in [3.63, 3.8) is 0 Å². The summed E-state index contributed by atoms with van der Waals surface area (Å²) in [5.41, 5.74) is 8.46. The molecule has 0 bridgehead atoms. The van der Waals surface area contributed by atoms with Gasteiger partial charge >= 0.3 is 0 Å². The summed E-state index contributed by atoms with van der Waals surface area (Å²) in [6.45, 7) is 28.8. The van der Waals surface area contributed by atoms with E-state index in [2.05, 4.69) is 114 Å². The summed E-state index contributed by atoms with van der Waals surface area (Å²) in [7, 11) is 0. The van der Waals surface area contributed by atoms with E-state index in [1.807, 2.05) is 0 Å². The van der Waals surface area contributed by atoms with E-state index in [9.17, 15) is 5.11 Å². The summed E-state index contributed by atoms with van der Waals surface area (Å²) in [6.07, 6.45) is 0. The highest BCUT2D eigenvalue weighted by Gasteiger charge is 2.30. The van der Waals surface area contributed by atoms with E-state index in [1.165, 1.54) is 27.8 Å². The number of benzene rings is 2. The minimum Gasteiger partial charge on any atom is -0.507 e. The molecule has 0 amide bonds. The van der Waals surface area contributed by atoms with Crippen molar-refractivity contribution in [2.45, 2.75) is 112 Å². The number of aromatic hydroxyl groups is 1. The first kappa shape index (κ1) is 28.7. The van der Waals surface area contributed by atoms with Gasteiger partial charge in [0.2, 0.25) is 0 Å². The van der Waals surface area contributed by atoms with E-state index in [-0.39, 0.29) is 28.1 Å². The van der Waals surface area contributed by atoms with Gasteiger partial charge in [-0.3, -0.25) is 4.79 Å². The van der Waals surface area contributed by atoms with Gasteiger partial charge < -0.3 is 10.2 Å². The zero-order valence-electron chi connectivity index (χ0n) is 23.2. The smallest absolute Gasteiger partial charge is 0.290 e. The molecule has 2 aromatic rings. The lowest BCUT2D eigenvalue weighted by Gasteiger charge is -2.32. The van der Waals surface area contributed by atoms with Gasteiger partial charge in [-0.15, -0.1) is 0 Å². The highest BCUT2D eigenvalue weighted by Crippen LogP contribution is 2.45. The Hall–Kier alpha value is -2.29. The average Bonchev–Trinajstić information content (AvgIpc) is 2.58. The number of rotatable bonds is 1. The number of hydrogen-bond acceptors (Lipinski definition) is 2. The second-order valence-electron chi connectivity index (χ2n) is 13.2. The fourth-order valence-corrected chi connectivity index (χ4v) is 4.12. The molecule has 0 aliphatic rings. The molecule has 0 saturated carbocycles. The molecule has 3 nitrogen and oxygen atoms in total. The van der Waals surface area contributed by atoms with Gasteiger partial charge in [0, 0.05) is 11.1 Å². The van der Waals surface area contributed by atoms with Crippen LogP contribution in [0, 0.1) is 6.92 Å². The summed E-state index contributed by atoms with van der Waals surface area (Å²) in [5, 5.41) is 18.1. The first-order valence-corrected chi connectivity index (χ1v) is 11.8. The van der Waals surface area contributed by atoms with Crippen LogP contribution in [-0.4, -0.2) is 16.7 Å². The van der Waals surface area contributed by atoms with Crippen molar-refractivity contribution in [3.8, 4) is 16.9 Å². The van der Waals surface area contributed by atoms with Crippen LogP contribution in [-0.2, 0) is 26.5 Å².